The van der Waals surface area contributed by atoms with E-state index in [1.165, 1.54) is 12.1 Å². The first-order valence-electron chi connectivity index (χ1n) is 8.66. The van der Waals surface area contributed by atoms with Crippen molar-refractivity contribution < 1.29 is 14.3 Å². The first kappa shape index (κ1) is 18.1. The van der Waals surface area contributed by atoms with Gasteiger partial charge in [-0.05, 0) is 42.5 Å². The lowest BCUT2D eigenvalue weighted by Crippen LogP contribution is -2.45. The Bertz CT molecular complexity index is 837. The fourth-order valence-electron chi connectivity index (χ4n) is 3.73. The van der Waals surface area contributed by atoms with Gasteiger partial charge >= 0.3 is 5.97 Å². The average Bonchev–Trinajstić information content (AvgIpc) is 2.66. The minimum atomic E-state index is -0.958. The Hall–Kier alpha value is -2.71. The molecule has 0 bridgehead atoms. The number of nitriles is 1. The molecule has 0 spiro atoms. The van der Waals surface area contributed by atoms with E-state index in [1.807, 2.05) is 35.2 Å². The standard InChI is InChI=1S/C21H21FN2O2/c1-15-13-16(7-8-18(15)22)19(20(25)26)24-11-9-21(14-23,10-12-24)17-5-3-2-4-6-17/h2-8,13,19H,9-12H2,1H3,(H,25,26). The van der Waals surface area contributed by atoms with Crippen LogP contribution in [0.3, 0.4) is 0 Å². The number of hydrogen-bond acceptors (Lipinski definition) is 3. The second-order valence-corrected chi connectivity index (χ2v) is 6.85. The topological polar surface area (TPSA) is 64.3 Å². The number of benzene rings is 2. The summed E-state index contributed by atoms with van der Waals surface area (Å²) in [4.78, 5) is 13.8. The second-order valence-electron chi connectivity index (χ2n) is 6.85. The largest absolute Gasteiger partial charge is 0.480 e. The number of aryl methyl sites for hydroxylation is 1. The van der Waals surface area contributed by atoms with Gasteiger partial charge in [-0.25, -0.2) is 4.39 Å². The molecule has 2 aromatic rings. The molecule has 1 atom stereocenters. The minimum Gasteiger partial charge on any atom is -0.480 e. The number of rotatable bonds is 4. The summed E-state index contributed by atoms with van der Waals surface area (Å²) in [6, 6.07) is 15.7. The van der Waals surface area contributed by atoms with E-state index in [9.17, 15) is 19.6 Å². The molecule has 1 aliphatic heterocycles. The molecule has 2 aromatic carbocycles. The van der Waals surface area contributed by atoms with Crippen LogP contribution in [0.4, 0.5) is 4.39 Å². The highest BCUT2D eigenvalue weighted by Crippen LogP contribution is 2.37. The molecule has 3 rings (SSSR count). The molecule has 0 aliphatic carbocycles. The molecule has 0 aromatic heterocycles. The predicted octanol–water partition coefficient (Wildman–Crippen LogP) is 3.82. The Kier molecular flexibility index (Phi) is 5.06. The Morgan fingerprint density at radius 2 is 1.88 bits per heavy atom. The monoisotopic (exact) mass is 352 g/mol. The molecule has 1 saturated heterocycles. The highest BCUT2D eigenvalue weighted by atomic mass is 19.1. The number of likely N-dealkylation sites (tertiary alicyclic amines) is 1. The summed E-state index contributed by atoms with van der Waals surface area (Å²) in [5.74, 6) is -1.30. The van der Waals surface area contributed by atoms with Crippen molar-refractivity contribution in [3.63, 3.8) is 0 Å². The van der Waals surface area contributed by atoms with Gasteiger partial charge < -0.3 is 5.11 Å². The van der Waals surface area contributed by atoms with Crippen LogP contribution in [0, 0.1) is 24.1 Å². The molecule has 1 heterocycles. The third-order valence-corrected chi connectivity index (χ3v) is 5.29. The lowest BCUT2D eigenvalue weighted by Gasteiger charge is -2.40. The number of aliphatic carboxylic acids is 1. The van der Waals surface area contributed by atoms with Crippen molar-refractivity contribution in [2.75, 3.05) is 13.1 Å². The Balaban J connectivity index is 1.83. The molecule has 0 radical (unpaired) electrons. The maximum Gasteiger partial charge on any atom is 0.325 e. The van der Waals surface area contributed by atoms with Crippen molar-refractivity contribution in [1.29, 1.82) is 5.26 Å². The van der Waals surface area contributed by atoms with Gasteiger partial charge in [-0.15, -0.1) is 0 Å². The van der Waals surface area contributed by atoms with Gasteiger partial charge in [0.2, 0.25) is 0 Å². The molecule has 0 amide bonds. The first-order valence-corrected chi connectivity index (χ1v) is 8.66. The molecule has 5 heteroatoms. The predicted molar refractivity (Wildman–Crippen MR) is 96.1 cm³/mol. The van der Waals surface area contributed by atoms with Crippen molar-refractivity contribution >= 4 is 5.97 Å². The van der Waals surface area contributed by atoms with Gasteiger partial charge in [-0.2, -0.15) is 5.26 Å². The van der Waals surface area contributed by atoms with Gasteiger partial charge in [0.25, 0.3) is 0 Å². The van der Waals surface area contributed by atoms with E-state index in [-0.39, 0.29) is 5.82 Å². The van der Waals surface area contributed by atoms with Crippen molar-refractivity contribution in [3.8, 4) is 6.07 Å². The molecule has 4 nitrogen and oxygen atoms in total. The van der Waals surface area contributed by atoms with E-state index < -0.39 is 17.4 Å². The maximum atomic E-state index is 13.5. The number of halogens is 1. The molecule has 134 valence electrons. The lowest BCUT2D eigenvalue weighted by atomic mass is 9.73. The second kappa shape index (κ2) is 7.27. The molecule has 1 N–H and O–H groups in total. The Labute approximate surface area is 152 Å². The third kappa shape index (κ3) is 3.33. The molecule has 26 heavy (non-hydrogen) atoms. The molecule has 1 aliphatic rings. The van der Waals surface area contributed by atoms with Gasteiger partial charge in [-0.1, -0.05) is 42.5 Å². The van der Waals surface area contributed by atoms with Gasteiger partial charge in [0.1, 0.15) is 11.9 Å². The summed E-state index contributed by atoms with van der Waals surface area (Å²) in [5.41, 5.74) is 1.40. The fourth-order valence-corrected chi connectivity index (χ4v) is 3.73. The number of hydrogen-bond donors (Lipinski definition) is 1. The number of carboxylic acid groups (broad SMARTS) is 1. The van der Waals surface area contributed by atoms with Crippen molar-refractivity contribution in [2.45, 2.75) is 31.2 Å². The average molecular weight is 352 g/mol. The summed E-state index contributed by atoms with van der Waals surface area (Å²) in [6.45, 7) is 2.62. The summed E-state index contributed by atoms with van der Waals surface area (Å²) in [5, 5.41) is 19.5. The van der Waals surface area contributed by atoms with Crippen LogP contribution in [0.25, 0.3) is 0 Å². The lowest BCUT2D eigenvalue weighted by molar-refractivity contribution is -0.144. The maximum absolute atomic E-state index is 13.5. The van der Waals surface area contributed by atoms with Crippen LogP contribution in [0.2, 0.25) is 0 Å². The van der Waals surface area contributed by atoms with Gasteiger partial charge in [0.15, 0.2) is 0 Å². The first-order chi connectivity index (χ1) is 12.5. The van der Waals surface area contributed by atoms with Crippen LogP contribution >= 0.6 is 0 Å². The van der Waals surface area contributed by atoms with Gasteiger partial charge in [0.05, 0.1) is 11.5 Å². The van der Waals surface area contributed by atoms with Crippen LogP contribution in [0.1, 0.15) is 35.6 Å². The Morgan fingerprint density at radius 1 is 1.23 bits per heavy atom. The number of carboxylic acids is 1. The summed E-state index contributed by atoms with van der Waals surface area (Å²) in [6.07, 6.45) is 1.13. The number of piperidine rings is 1. The van der Waals surface area contributed by atoms with Crippen molar-refractivity contribution in [1.82, 2.24) is 4.90 Å². The van der Waals surface area contributed by atoms with E-state index in [2.05, 4.69) is 6.07 Å². The molecule has 1 fully saturated rings. The fraction of sp³-hybridized carbons (Fsp3) is 0.333. The minimum absolute atomic E-state index is 0.343. The molecule has 1 unspecified atom stereocenters. The third-order valence-electron chi connectivity index (χ3n) is 5.29. The smallest absolute Gasteiger partial charge is 0.325 e. The van der Waals surface area contributed by atoms with Crippen LogP contribution in [0.5, 0.6) is 0 Å². The van der Waals surface area contributed by atoms with Gasteiger partial charge in [0, 0.05) is 13.1 Å². The quantitative estimate of drug-likeness (QED) is 0.909. The van der Waals surface area contributed by atoms with Crippen molar-refractivity contribution in [2.24, 2.45) is 0 Å². The molecule has 0 saturated carbocycles. The van der Waals surface area contributed by atoms with E-state index in [1.54, 1.807) is 13.0 Å². The summed E-state index contributed by atoms with van der Waals surface area (Å²) < 4.78 is 13.5. The molecular formula is C21H21FN2O2. The van der Waals surface area contributed by atoms with E-state index in [0.29, 0.717) is 37.1 Å². The summed E-state index contributed by atoms with van der Waals surface area (Å²) in [7, 11) is 0. The van der Waals surface area contributed by atoms with E-state index in [0.717, 1.165) is 5.56 Å². The highest BCUT2D eigenvalue weighted by Gasteiger charge is 2.40. The van der Waals surface area contributed by atoms with Gasteiger partial charge in [-0.3, -0.25) is 9.69 Å². The zero-order valence-electron chi connectivity index (χ0n) is 14.7. The van der Waals surface area contributed by atoms with E-state index >= 15 is 0 Å². The van der Waals surface area contributed by atoms with Crippen LogP contribution < -0.4 is 0 Å². The molecular weight excluding hydrogens is 331 g/mol. The number of carbonyl (C=O) groups is 1. The van der Waals surface area contributed by atoms with E-state index in [4.69, 9.17) is 0 Å². The SMILES string of the molecule is Cc1cc(C(C(=O)O)N2CCC(C#N)(c3ccccc3)CC2)ccc1F. The zero-order valence-corrected chi connectivity index (χ0v) is 14.7. The van der Waals surface area contributed by atoms with Crippen LogP contribution in [-0.2, 0) is 10.2 Å². The van der Waals surface area contributed by atoms with Crippen LogP contribution in [-0.4, -0.2) is 29.1 Å². The zero-order chi connectivity index (χ0) is 18.7. The normalized spacial score (nSPS) is 18.0. The van der Waals surface area contributed by atoms with Crippen LogP contribution in [0.15, 0.2) is 48.5 Å². The summed E-state index contributed by atoms with van der Waals surface area (Å²) >= 11 is 0. The Morgan fingerprint density at radius 3 is 2.42 bits per heavy atom. The highest BCUT2D eigenvalue weighted by molar-refractivity contribution is 5.75. The number of nitrogens with zero attached hydrogens (tertiary/aromatic N) is 2. The van der Waals surface area contributed by atoms with Crippen molar-refractivity contribution in [3.05, 3.63) is 71.0 Å².